The molecule has 0 aliphatic carbocycles. The molecular formula is C11H22N2O2. The van der Waals surface area contributed by atoms with Crippen LogP contribution in [0.15, 0.2) is 5.16 Å². The van der Waals surface area contributed by atoms with Crippen LogP contribution in [0.4, 0.5) is 0 Å². The van der Waals surface area contributed by atoms with Crippen molar-refractivity contribution >= 4 is 11.6 Å². The Labute approximate surface area is 92.1 Å². The smallest absolute Gasteiger partial charge is 0.219 e. The highest BCUT2D eigenvalue weighted by Gasteiger charge is 1.98. The molecule has 0 aromatic rings. The van der Waals surface area contributed by atoms with Crippen molar-refractivity contribution in [2.24, 2.45) is 5.16 Å². The van der Waals surface area contributed by atoms with Crippen molar-refractivity contribution in [1.29, 1.82) is 0 Å². The first-order chi connectivity index (χ1) is 7.16. The van der Waals surface area contributed by atoms with Crippen LogP contribution in [0.25, 0.3) is 0 Å². The van der Waals surface area contributed by atoms with Crippen molar-refractivity contribution in [2.45, 2.75) is 46.5 Å². The van der Waals surface area contributed by atoms with Crippen molar-refractivity contribution in [3.8, 4) is 0 Å². The van der Waals surface area contributed by atoms with E-state index in [1.54, 1.807) is 0 Å². The number of nitrogens with zero attached hydrogens (tertiary/aromatic N) is 1. The Kier molecular flexibility index (Phi) is 8.82. The molecule has 88 valence electrons. The van der Waals surface area contributed by atoms with Crippen molar-refractivity contribution in [3.05, 3.63) is 0 Å². The lowest BCUT2D eigenvalue weighted by Crippen LogP contribution is -2.22. The van der Waals surface area contributed by atoms with Gasteiger partial charge in [0.1, 0.15) is 6.61 Å². The zero-order valence-corrected chi connectivity index (χ0v) is 10.0. The van der Waals surface area contributed by atoms with Crippen LogP contribution in [0.2, 0.25) is 0 Å². The number of nitrogens with one attached hydrogen (secondary N) is 1. The predicted molar refractivity (Wildman–Crippen MR) is 61.9 cm³/mol. The van der Waals surface area contributed by atoms with Crippen LogP contribution in [0.1, 0.15) is 46.5 Å². The Bertz CT molecular complexity index is 199. The number of hydrogen-bond acceptors (Lipinski definition) is 3. The van der Waals surface area contributed by atoms with E-state index in [9.17, 15) is 4.79 Å². The zero-order valence-electron chi connectivity index (χ0n) is 10.0. The highest BCUT2D eigenvalue weighted by molar-refractivity contribution is 5.78. The van der Waals surface area contributed by atoms with Gasteiger partial charge in [0.05, 0.1) is 5.71 Å². The second kappa shape index (κ2) is 9.49. The third kappa shape index (κ3) is 10.9. The Morgan fingerprint density at radius 2 is 2.00 bits per heavy atom. The van der Waals surface area contributed by atoms with Gasteiger partial charge in [-0.15, -0.1) is 0 Å². The number of carbonyl (C=O) groups is 1. The van der Waals surface area contributed by atoms with Crippen LogP contribution >= 0.6 is 0 Å². The van der Waals surface area contributed by atoms with Gasteiger partial charge in [-0.1, -0.05) is 5.16 Å². The van der Waals surface area contributed by atoms with Gasteiger partial charge in [-0.05, 0) is 40.0 Å². The summed E-state index contributed by atoms with van der Waals surface area (Å²) in [7, 11) is 0. The van der Waals surface area contributed by atoms with Gasteiger partial charge in [0.2, 0.25) is 5.91 Å². The van der Waals surface area contributed by atoms with E-state index in [1.807, 2.05) is 20.8 Å². The van der Waals surface area contributed by atoms with E-state index in [2.05, 4.69) is 10.5 Å². The Balaban J connectivity index is 3.18. The van der Waals surface area contributed by atoms with E-state index in [0.29, 0.717) is 19.6 Å². The molecule has 0 fully saturated rings. The van der Waals surface area contributed by atoms with E-state index >= 15 is 0 Å². The standard InChI is InChI=1S/C11H22N2O2/c1-4-12-11(14)8-6-5-7-9-15-13-10(2)3/h4-9H2,1-3H3,(H,12,14). The maximum absolute atomic E-state index is 11.1. The number of hydrogen-bond donors (Lipinski definition) is 1. The first kappa shape index (κ1) is 13.9. The van der Waals surface area contributed by atoms with Gasteiger partial charge in [0, 0.05) is 13.0 Å². The van der Waals surface area contributed by atoms with Crippen LogP contribution in [-0.4, -0.2) is 24.8 Å². The lowest BCUT2D eigenvalue weighted by atomic mass is 10.2. The van der Waals surface area contributed by atoms with Crippen molar-refractivity contribution < 1.29 is 9.63 Å². The van der Waals surface area contributed by atoms with E-state index < -0.39 is 0 Å². The number of unbranched alkanes of at least 4 members (excludes halogenated alkanes) is 2. The minimum absolute atomic E-state index is 0.140. The molecule has 0 saturated carbocycles. The lowest BCUT2D eigenvalue weighted by Gasteiger charge is -2.02. The highest BCUT2D eigenvalue weighted by atomic mass is 16.6. The lowest BCUT2D eigenvalue weighted by molar-refractivity contribution is -0.121. The molecule has 15 heavy (non-hydrogen) atoms. The average Bonchev–Trinajstić information content (AvgIpc) is 2.16. The summed E-state index contributed by atoms with van der Waals surface area (Å²) >= 11 is 0. The molecule has 0 atom stereocenters. The molecule has 0 spiro atoms. The molecule has 0 aromatic heterocycles. The fraction of sp³-hybridized carbons (Fsp3) is 0.818. The SMILES string of the molecule is CCNC(=O)CCCCCON=C(C)C. The summed E-state index contributed by atoms with van der Waals surface area (Å²) in [5, 5.41) is 6.59. The van der Waals surface area contributed by atoms with Gasteiger partial charge >= 0.3 is 0 Å². The summed E-state index contributed by atoms with van der Waals surface area (Å²) in [5.41, 5.74) is 0.928. The van der Waals surface area contributed by atoms with E-state index in [4.69, 9.17) is 4.84 Å². The minimum Gasteiger partial charge on any atom is -0.396 e. The quantitative estimate of drug-likeness (QED) is 0.382. The fourth-order valence-electron chi connectivity index (χ4n) is 1.09. The number of amides is 1. The van der Waals surface area contributed by atoms with Gasteiger partial charge in [-0.25, -0.2) is 0 Å². The molecule has 0 bridgehead atoms. The van der Waals surface area contributed by atoms with Gasteiger partial charge in [0.25, 0.3) is 0 Å². The molecule has 0 radical (unpaired) electrons. The molecule has 0 aliphatic heterocycles. The third-order valence-electron chi connectivity index (χ3n) is 1.76. The van der Waals surface area contributed by atoms with Crippen LogP contribution in [0, 0.1) is 0 Å². The molecule has 1 N–H and O–H groups in total. The summed E-state index contributed by atoms with van der Waals surface area (Å²) in [5.74, 6) is 0.140. The predicted octanol–water partition coefficient (Wildman–Crippen LogP) is 2.10. The maximum atomic E-state index is 11.1. The first-order valence-corrected chi connectivity index (χ1v) is 5.56. The summed E-state index contributed by atoms with van der Waals surface area (Å²) in [6, 6.07) is 0. The van der Waals surface area contributed by atoms with E-state index in [-0.39, 0.29) is 5.91 Å². The van der Waals surface area contributed by atoms with Gasteiger partial charge in [0.15, 0.2) is 0 Å². The normalized spacial score (nSPS) is 9.53. The first-order valence-electron chi connectivity index (χ1n) is 5.56. The molecule has 0 heterocycles. The minimum atomic E-state index is 0.140. The topological polar surface area (TPSA) is 50.7 Å². The molecule has 4 heteroatoms. The molecule has 0 aromatic carbocycles. The van der Waals surface area contributed by atoms with E-state index in [0.717, 1.165) is 25.0 Å². The fourth-order valence-corrected chi connectivity index (χ4v) is 1.09. The van der Waals surface area contributed by atoms with Crippen LogP contribution in [0.3, 0.4) is 0 Å². The van der Waals surface area contributed by atoms with Gasteiger partial charge < -0.3 is 10.2 Å². The zero-order chi connectivity index (χ0) is 11.5. The molecule has 0 rings (SSSR count). The largest absolute Gasteiger partial charge is 0.396 e. The van der Waals surface area contributed by atoms with Gasteiger partial charge in [-0.2, -0.15) is 0 Å². The molecule has 1 amide bonds. The molecule has 0 saturated heterocycles. The second-order valence-electron chi connectivity index (χ2n) is 3.64. The number of carbonyl (C=O) groups excluding carboxylic acids is 1. The summed E-state index contributed by atoms with van der Waals surface area (Å²) in [4.78, 5) is 16.1. The highest BCUT2D eigenvalue weighted by Crippen LogP contribution is 2.00. The molecule has 4 nitrogen and oxygen atoms in total. The Morgan fingerprint density at radius 3 is 2.60 bits per heavy atom. The number of oxime groups is 1. The molecule has 0 unspecified atom stereocenters. The average molecular weight is 214 g/mol. The summed E-state index contributed by atoms with van der Waals surface area (Å²) in [6.07, 6.45) is 3.50. The maximum Gasteiger partial charge on any atom is 0.219 e. The van der Waals surface area contributed by atoms with Crippen molar-refractivity contribution in [2.75, 3.05) is 13.2 Å². The molecular weight excluding hydrogens is 192 g/mol. The van der Waals surface area contributed by atoms with E-state index in [1.165, 1.54) is 0 Å². The summed E-state index contributed by atoms with van der Waals surface area (Å²) < 4.78 is 0. The third-order valence-corrected chi connectivity index (χ3v) is 1.76. The Morgan fingerprint density at radius 1 is 1.27 bits per heavy atom. The van der Waals surface area contributed by atoms with Gasteiger partial charge in [-0.3, -0.25) is 4.79 Å². The Hall–Kier alpha value is -1.06. The summed E-state index contributed by atoms with van der Waals surface area (Å²) in [6.45, 7) is 7.08. The monoisotopic (exact) mass is 214 g/mol. The second-order valence-corrected chi connectivity index (χ2v) is 3.64. The number of rotatable bonds is 8. The molecule has 0 aliphatic rings. The van der Waals surface area contributed by atoms with Crippen LogP contribution in [0.5, 0.6) is 0 Å². The van der Waals surface area contributed by atoms with Crippen LogP contribution < -0.4 is 5.32 Å². The van der Waals surface area contributed by atoms with Crippen molar-refractivity contribution in [3.63, 3.8) is 0 Å². The van der Waals surface area contributed by atoms with Crippen LogP contribution in [-0.2, 0) is 9.63 Å². The van der Waals surface area contributed by atoms with Crippen molar-refractivity contribution in [1.82, 2.24) is 5.32 Å².